The monoisotopic (exact) mass is 304 g/mol. The van der Waals surface area contributed by atoms with Gasteiger partial charge in [0.05, 0.1) is 29.0 Å². The maximum Gasteiger partial charge on any atom is 0.0689 e. The van der Waals surface area contributed by atoms with Crippen LogP contribution in [0.4, 0.5) is 5.69 Å². The molecule has 0 saturated carbocycles. The first-order valence-corrected chi connectivity index (χ1v) is 7.62. The van der Waals surface area contributed by atoms with E-state index in [0.717, 1.165) is 28.3 Å². The Labute approximate surface area is 136 Å². The molecule has 0 aliphatic rings. The lowest BCUT2D eigenvalue weighted by Crippen LogP contribution is -1.99. The summed E-state index contributed by atoms with van der Waals surface area (Å²) in [6.45, 7) is 6.12. The fourth-order valence-electron chi connectivity index (χ4n) is 2.46. The minimum atomic E-state index is 0.959. The van der Waals surface area contributed by atoms with E-state index in [0.29, 0.717) is 0 Å². The van der Waals surface area contributed by atoms with E-state index in [-0.39, 0.29) is 0 Å². The van der Waals surface area contributed by atoms with E-state index in [1.54, 1.807) is 0 Å². The molecular formula is C19H20N4. The van der Waals surface area contributed by atoms with Crippen LogP contribution in [-0.4, -0.2) is 16.0 Å². The number of hydrazone groups is 1. The highest BCUT2D eigenvalue weighted by molar-refractivity contribution is 5.83. The second-order valence-corrected chi connectivity index (χ2v) is 5.57. The van der Waals surface area contributed by atoms with Gasteiger partial charge in [0.2, 0.25) is 0 Å². The van der Waals surface area contributed by atoms with Gasteiger partial charge in [-0.2, -0.15) is 10.2 Å². The predicted molar refractivity (Wildman–Crippen MR) is 95.4 cm³/mol. The van der Waals surface area contributed by atoms with Gasteiger partial charge in [-0.05, 0) is 45.0 Å². The van der Waals surface area contributed by atoms with Crippen molar-refractivity contribution in [2.75, 3.05) is 5.43 Å². The zero-order valence-electron chi connectivity index (χ0n) is 13.6. The number of anilines is 1. The van der Waals surface area contributed by atoms with Crippen LogP contribution in [0.1, 0.15) is 22.5 Å². The SMILES string of the molecule is Cc1ccc(N/N=C/c2c(C)nn(-c3ccccc3)c2C)cc1. The Hall–Kier alpha value is -2.88. The number of nitrogens with zero attached hydrogens (tertiary/aromatic N) is 3. The standard InChI is InChI=1S/C19H20N4/c1-14-9-11-17(12-10-14)21-20-13-19-15(2)22-23(16(19)3)18-7-5-4-6-8-18/h4-13,21H,1-3H3/b20-13+. The first kappa shape index (κ1) is 15.0. The normalized spacial score (nSPS) is 11.1. The van der Waals surface area contributed by atoms with Crippen LogP contribution < -0.4 is 5.43 Å². The molecule has 0 unspecified atom stereocenters. The van der Waals surface area contributed by atoms with Gasteiger partial charge in [-0.15, -0.1) is 0 Å². The highest BCUT2D eigenvalue weighted by Crippen LogP contribution is 2.16. The molecule has 23 heavy (non-hydrogen) atoms. The largest absolute Gasteiger partial charge is 0.279 e. The van der Waals surface area contributed by atoms with Crippen molar-refractivity contribution in [2.45, 2.75) is 20.8 Å². The Morgan fingerprint density at radius 1 is 0.957 bits per heavy atom. The van der Waals surface area contributed by atoms with Gasteiger partial charge in [-0.25, -0.2) is 4.68 Å². The van der Waals surface area contributed by atoms with Crippen molar-refractivity contribution in [1.82, 2.24) is 9.78 Å². The Morgan fingerprint density at radius 3 is 2.35 bits per heavy atom. The maximum absolute atomic E-state index is 4.62. The Kier molecular flexibility index (Phi) is 4.24. The summed E-state index contributed by atoms with van der Waals surface area (Å²) in [6, 6.07) is 18.3. The molecule has 4 nitrogen and oxygen atoms in total. The molecule has 1 heterocycles. The lowest BCUT2D eigenvalue weighted by atomic mass is 10.2. The van der Waals surface area contributed by atoms with Crippen LogP contribution >= 0.6 is 0 Å². The molecule has 0 spiro atoms. The third-order valence-electron chi connectivity index (χ3n) is 3.79. The van der Waals surface area contributed by atoms with E-state index < -0.39 is 0 Å². The van der Waals surface area contributed by atoms with Crippen LogP contribution in [-0.2, 0) is 0 Å². The third-order valence-corrected chi connectivity index (χ3v) is 3.79. The molecule has 0 aliphatic carbocycles. The van der Waals surface area contributed by atoms with E-state index >= 15 is 0 Å². The van der Waals surface area contributed by atoms with Crippen LogP contribution in [0.2, 0.25) is 0 Å². The molecule has 0 saturated heterocycles. The quantitative estimate of drug-likeness (QED) is 0.578. The first-order valence-electron chi connectivity index (χ1n) is 7.62. The zero-order valence-corrected chi connectivity index (χ0v) is 13.6. The predicted octanol–water partition coefficient (Wildman–Crippen LogP) is 4.24. The van der Waals surface area contributed by atoms with Crippen molar-refractivity contribution in [2.24, 2.45) is 5.10 Å². The summed E-state index contributed by atoms with van der Waals surface area (Å²) in [4.78, 5) is 0. The lowest BCUT2D eigenvalue weighted by Gasteiger charge is -2.03. The van der Waals surface area contributed by atoms with Crippen molar-refractivity contribution in [3.63, 3.8) is 0 Å². The van der Waals surface area contributed by atoms with Crippen LogP contribution in [0.25, 0.3) is 5.69 Å². The van der Waals surface area contributed by atoms with E-state index in [1.165, 1.54) is 5.56 Å². The van der Waals surface area contributed by atoms with Gasteiger partial charge in [0, 0.05) is 5.56 Å². The number of rotatable bonds is 4. The molecule has 0 bridgehead atoms. The van der Waals surface area contributed by atoms with Crippen LogP contribution in [0.5, 0.6) is 0 Å². The van der Waals surface area contributed by atoms with Gasteiger partial charge >= 0.3 is 0 Å². The number of aromatic nitrogens is 2. The van der Waals surface area contributed by atoms with Crippen molar-refractivity contribution >= 4 is 11.9 Å². The number of hydrogen-bond donors (Lipinski definition) is 1. The molecule has 1 N–H and O–H groups in total. The van der Waals surface area contributed by atoms with Crippen molar-refractivity contribution < 1.29 is 0 Å². The highest BCUT2D eigenvalue weighted by atomic mass is 15.3. The van der Waals surface area contributed by atoms with Crippen LogP contribution in [0, 0.1) is 20.8 Å². The summed E-state index contributed by atoms with van der Waals surface area (Å²) in [5.74, 6) is 0. The van der Waals surface area contributed by atoms with Gasteiger partial charge in [-0.3, -0.25) is 5.43 Å². The first-order chi connectivity index (χ1) is 11.1. The molecule has 1 aromatic heterocycles. The maximum atomic E-state index is 4.62. The van der Waals surface area contributed by atoms with Crippen LogP contribution in [0.3, 0.4) is 0 Å². The van der Waals surface area contributed by atoms with Gasteiger partial charge in [-0.1, -0.05) is 35.9 Å². The molecule has 0 atom stereocenters. The summed E-state index contributed by atoms with van der Waals surface area (Å²) in [5.41, 5.74) is 9.38. The average molecular weight is 304 g/mol. The second-order valence-electron chi connectivity index (χ2n) is 5.57. The number of benzene rings is 2. The smallest absolute Gasteiger partial charge is 0.0689 e. The Bertz CT molecular complexity index is 815. The van der Waals surface area contributed by atoms with Gasteiger partial charge in [0.25, 0.3) is 0 Å². The Balaban J connectivity index is 1.82. The third kappa shape index (κ3) is 3.31. The zero-order chi connectivity index (χ0) is 16.2. The van der Waals surface area contributed by atoms with Crippen molar-refractivity contribution in [3.8, 4) is 5.69 Å². The van der Waals surface area contributed by atoms with Gasteiger partial charge in [0.1, 0.15) is 0 Å². The molecule has 0 fully saturated rings. The van der Waals surface area contributed by atoms with E-state index in [9.17, 15) is 0 Å². The molecule has 0 aliphatic heterocycles. The fourth-order valence-corrected chi connectivity index (χ4v) is 2.46. The van der Waals surface area contributed by atoms with Crippen molar-refractivity contribution in [1.29, 1.82) is 0 Å². The van der Waals surface area contributed by atoms with Crippen LogP contribution in [0.15, 0.2) is 59.7 Å². The fraction of sp³-hybridized carbons (Fsp3) is 0.158. The number of hydrogen-bond acceptors (Lipinski definition) is 3. The Morgan fingerprint density at radius 2 is 1.65 bits per heavy atom. The van der Waals surface area contributed by atoms with E-state index in [4.69, 9.17) is 0 Å². The lowest BCUT2D eigenvalue weighted by molar-refractivity contribution is 0.833. The summed E-state index contributed by atoms with van der Waals surface area (Å²) < 4.78 is 1.95. The number of para-hydroxylation sites is 1. The highest BCUT2D eigenvalue weighted by Gasteiger charge is 2.10. The average Bonchev–Trinajstić information content (AvgIpc) is 2.85. The topological polar surface area (TPSA) is 42.2 Å². The molecule has 0 radical (unpaired) electrons. The summed E-state index contributed by atoms with van der Waals surface area (Å²) in [7, 11) is 0. The molecule has 3 aromatic rings. The molecule has 2 aromatic carbocycles. The number of aryl methyl sites for hydroxylation is 2. The summed E-state index contributed by atoms with van der Waals surface area (Å²) >= 11 is 0. The second kappa shape index (κ2) is 6.48. The van der Waals surface area contributed by atoms with Crippen molar-refractivity contribution in [3.05, 3.63) is 77.1 Å². The minimum absolute atomic E-state index is 0.959. The molecular weight excluding hydrogens is 284 g/mol. The summed E-state index contributed by atoms with van der Waals surface area (Å²) in [6.07, 6.45) is 1.83. The molecule has 4 heteroatoms. The molecule has 3 rings (SSSR count). The molecule has 116 valence electrons. The molecule has 0 amide bonds. The van der Waals surface area contributed by atoms with Gasteiger partial charge < -0.3 is 0 Å². The van der Waals surface area contributed by atoms with Gasteiger partial charge in [0.15, 0.2) is 0 Å². The van der Waals surface area contributed by atoms with E-state index in [2.05, 4.69) is 41.6 Å². The summed E-state index contributed by atoms with van der Waals surface area (Å²) in [5, 5.41) is 8.96. The van der Waals surface area contributed by atoms with E-state index in [1.807, 2.05) is 60.3 Å². The number of nitrogens with one attached hydrogen (secondary N) is 1. The minimum Gasteiger partial charge on any atom is -0.279 e.